The van der Waals surface area contributed by atoms with E-state index in [1.165, 1.54) is 36.1 Å². The van der Waals surface area contributed by atoms with Crippen LogP contribution in [0.1, 0.15) is 62.9 Å². The zero-order chi connectivity index (χ0) is 28.4. The van der Waals surface area contributed by atoms with Crippen LogP contribution >= 0.6 is 0 Å². The van der Waals surface area contributed by atoms with Crippen LogP contribution in [0, 0.1) is 19.9 Å². The van der Waals surface area contributed by atoms with Crippen molar-refractivity contribution in [2.75, 3.05) is 11.9 Å². The zero-order valence-electron chi connectivity index (χ0n) is 24.2. The van der Waals surface area contributed by atoms with Gasteiger partial charge in [-0.05, 0) is 73.2 Å². The average Bonchev–Trinajstić information content (AvgIpc) is 3.49. The molecule has 1 radical (unpaired) electrons. The molecular weight excluding hydrogens is 655 g/mol. The van der Waals surface area contributed by atoms with E-state index in [1.807, 2.05) is 44.2 Å². The maximum absolute atomic E-state index is 10.6. The first-order chi connectivity index (χ1) is 19.1. The van der Waals surface area contributed by atoms with Crippen LogP contribution in [0.15, 0.2) is 67.0 Å². The first-order valence-electron chi connectivity index (χ1n) is 13.9. The predicted octanol–water partition coefficient (Wildman–Crippen LogP) is 7.47. The largest absolute Gasteiger partial charge is 0.497 e. The summed E-state index contributed by atoms with van der Waals surface area (Å²) in [7, 11) is 0. The molecule has 1 saturated carbocycles. The van der Waals surface area contributed by atoms with E-state index in [-0.39, 0.29) is 25.8 Å². The maximum Gasteiger partial charge on any atom is 0.354 e. The van der Waals surface area contributed by atoms with E-state index in [0.29, 0.717) is 40.0 Å². The van der Waals surface area contributed by atoms with Crippen LogP contribution in [-0.2, 0) is 20.1 Å². The number of ether oxygens (including phenoxy) is 1. The van der Waals surface area contributed by atoms with E-state index in [2.05, 4.69) is 16.0 Å². The van der Waals surface area contributed by atoms with Gasteiger partial charge in [0.1, 0.15) is 11.4 Å². The summed E-state index contributed by atoms with van der Waals surface area (Å²) in [5.41, 5.74) is 5.63. The smallest absolute Gasteiger partial charge is 0.354 e. The van der Waals surface area contributed by atoms with Gasteiger partial charge in [0.25, 0.3) is 0 Å². The van der Waals surface area contributed by atoms with Gasteiger partial charge in [-0.2, -0.15) is 0 Å². The van der Waals surface area contributed by atoms with Crippen molar-refractivity contribution >= 4 is 17.3 Å². The second-order valence-corrected chi connectivity index (χ2v) is 9.34. The molecule has 4 aromatic rings. The molecule has 2 aliphatic rings. The van der Waals surface area contributed by atoms with Crippen LogP contribution in [0.5, 0.6) is 11.5 Å². The van der Waals surface area contributed by atoms with Gasteiger partial charge >= 0.3 is 5.97 Å². The molecule has 197 valence electrons. The number of pyridine rings is 2. The molecular formula is C31H30IrN3O3-. The van der Waals surface area contributed by atoms with Crippen LogP contribution in [-0.4, -0.2) is 28.0 Å². The summed E-state index contributed by atoms with van der Waals surface area (Å²) in [5, 5.41) is 8.68. The molecule has 1 aliphatic heterocycles. The van der Waals surface area contributed by atoms with Gasteiger partial charge in [-0.15, -0.1) is 18.2 Å². The van der Waals surface area contributed by atoms with Gasteiger partial charge in [0.15, 0.2) is 0 Å². The SMILES string of the molecule is O=C(O)c1ccc(C2CCCC2)cn1.[2H]C([2H])([2H])N1c2cc[c-]c(-c3ccccn3)c2Oc2c1ccc(C)c2C.[Ir]. The Labute approximate surface area is 241 Å². The standard InChI is InChI=1S/C20H17N2O.C11H13NO2.Ir/c1-13-10-11-18-19(14(13)2)23-20-15(16-8-4-5-12-21-16)7-6-9-17(20)22(18)3;13-11(14)10-6-5-9(7-12-10)8-3-1-2-4-8;/h4-6,8-12H,1-3H3;5-8H,1-4H2,(H,13,14);/q-1;;/i3D3;;. The summed E-state index contributed by atoms with van der Waals surface area (Å²) in [6.07, 6.45) is 8.40. The molecule has 0 saturated heterocycles. The summed E-state index contributed by atoms with van der Waals surface area (Å²) in [6, 6.07) is 19.3. The second-order valence-electron chi connectivity index (χ2n) is 9.34. The van der Waals surface area contributed by atoms with E-state index in [4.69, 9.17) is 14.0 Å². The third-order valence-corrected chi connectivity index (χ3v) is 7.02. The number of fused-ring (bicyclic) bond motifs is 2. The molecule has 3 heterocycles. The normalized spacial score (nSPS) is 15.3. The minimum atomic E-state index is -2.35. The van der Waals surface area contributed by atoms with Gasteiger partial charge in [0.2, 0.25) is 0 Å². The number of rotatable bonds is 3. The molecule has 6 nitrogen and oxygen atoms in total. The van der Waals surface area contributed by atoms with Crippen molar-refractivity contribution in [3.63, 3.8) is 0 Å². The number of aromatic nitrogens is 2. The Bertz CT molecular complexity index is 1520. The molecule has 1 aliphatic carbocycles. The van der Waals surface area contributed by atoms with Crippen LogP contribution in [0.2, 0.25) is 0 Å². The van der Waals surface area contributed by atoms with Gasteiger partial charge < -0.3 is 19.7 Å². The Morgan fingerprint density at radius 2 is 1.84 bits per heavy atom. The van der Waals surface area contributed by atoms with Crippen molar-refractivity contribution in [3.8, 4) is 22.8 Å². The predicted molar refractivity (Wildman–Crippen MR) is 145 cm³/mol. The number of anilines is 2. The van der Waals surface area contributed by atoms with E-state index >= 15 is 0 Å². The molecule has 1 N–H and O–H groups in total. The number of carboxylic acids is 1. The topological polar surface area (TPSA) is 75.5 Å². The molecule has 0 amide bonds. The van der Waals surface area contributed by atoms with Crippen molar-refractivity contribution in [1.29, 1.82) is 0 Å². The fourth-order valence-corrected chi connectivity index (χ4v) is 4.80. The number of hydrogen-bond acceptors (Lipinski definition) is 5. The molecule has 1 fully saturated rings. The Balaban J connectivity index is 0.000000219. The molecule has 0 unspecified atom stereocenters. The molecule has 7 heteroatoms. The quantitative estimate of drug-likeness (QED) is 0.225. The number of aromatic carboxylic acids is 1. The molecule has 2 aromatic carbocycles. The number of benzene rings is 2. The Kier molecular flexibility index (Phi) is 7.37. The van der Waals surface area contributed by atoms with E-state index in [0.717, 1.165) is 11.1 Å². The summed E-state index contributed by atoms with van der Waals surface area (Å²) in [6.45, 7) is 1.56. The number of carbonyl (C=O) groups is 1. The summed E-state index contributed by atoms with van der Waals surface area (Å²) < 4.78 is 30.4. The van der Waals surface area contributed by atoms with Gasteiger partial charge in [-0.3, -0.25) is 0 Å². The third kappa shape index (κ3) is 5.50. The number of carboxylic acid groups (broad SMARTS) is 1. The van der Waals surface area contributed by atoms with Crippen molar-refractivity contribution in [2.45, 2.75) is 45.4 Å². The van der Waals surface area contributed by atoms with Crippen molar-refractivity contribution in [1.82, 2.24) is 9.97 Å². The average molecular weight is 688 g/mol. The Morgan fingerprint density at radius 3 is 2.50 bits per heavy atom. The van der Waals surface area contributed by atoms with Crippen LogP contribution in [0.3, 0.4) is 0 Å². The molecule has 0 spiro atoms. The van der Waals surface area contributed by atoms with Crippen molar-refractivity contribution in [2.24, 2.45) is 0 Å². The summed E-state index contributed by atoms with van der Waals surface area (Å²) in [4.78, 5) is 20.2. The fourth-order valence-electron chi connectivity index (χ4n) is 4.80. The van der Waals surface area contributed by atoms with Gasteiger partial charge in [-0.1, -0.05) is 42.7 Å². The second kappa shape index (κ2) is 11.9. The Morgan fingerprint density at radius 1 is 1.05 bits per heavy atom. The van der Waals surface area contributed by atoms with E-state index < -0.39 is 12.9 Å². The fraction of sp³-hybridized carbons (Fsp3) is 0.258. The van der Waals surface area contributed by atoms with Crippen molar-refractivity contribution in [3.05, 3.63) is 95.4 Å². The van der Waals surface area contributed by atoms with Gasteiger partial charge in [-0.25, -0.2) is 9.78 Å². The van der Waals surface area contributed by atoms with Gasteiger partial charge in [0, 0.05) is 49.3 Å². The van der Waals surface area contributed by atoms with Crippen LogP contribution in [0.4, 0.5) is 11.4 Å². The number of hydrogen-bond donors (Lipinski definition) is 1. The minimum absolute atomic E-state index is 0. The number of nitrogens with zero attached hydrogens (tertiary/aromatic N) is 3. The number of aryl methyl sites for hydroxylation is 1. The van der Waals surface area contributed by atoms with E-state index in [9.17, 15) is 4.79 Å². The van der Waals surface area contributed by atoms with Gasteiger partial charge in [0.05, 0.1) is 11.4 Å². The third-order valence-electron chi connectivity index (χ3n) is 7.02. The molecule has 6 rings (SSSR count). The first kappa shape index (κ1) is 23.6. The molecule has 38 heavy (non-hydrogen) atoms. The van der Waals surface area contributed by atoms with E-state index in [1.54, 1.807) is 36.7 Å². The maximum atomic E-state index is 10.6. The summed E-state index contributed by atoms with van der Waals surface area (Å²) in [5.74, 6) is 0.669. The minimum Gasteiger partial charge on any atom is -0.497 e. The molecule has 0 atom stereocenters. The zero-order valence-corrected chi connectivity index (χ0v) is 23.6. The first-order valence-corrected chi connectivity index (χ1v) is 12.4. The van der Waals surface area contributed by atoms with Crippen molar-refractivity contribution < 1.29 is 38.9 Å². The van der Waals surface area contributed by atoms with Crippen LogP contribution < -0.4 is 9.64 Å². The molecule has 2 aromatic heterocycles. The van der Waals surface area contributed by atoms with Crippen LogP contribution in [0.25, 0.3) is 11.3 Å². The summed E-state index contributed by atoms with van der Waals surface area (Å²) >= 11 is 0. The monoisotopic (exact) mass is 688 g/mol. The molecule has 0 bridgehead atoms. The Hall–Kier alpha value is -3.54.